The molecule has 1 heterocycles. The monoisotopic (exact) mass is 207 g/mol. The molecule has 1 unspecified atom stereocenters. The number of rotatable bonds is 2. The van der Waals surface area contributed by atoms with Gasteiger partial charge in [-0.2, -0.15) is 0 Å². The van der Waals surface area contributed by atoms with Crippen molar-refractivity contribution >= 4 is 0 Å². The van der Waals surface area contributed by atoms with Crippen LogP contribution >= 0.6 is 0 Å². The minimum Gasteiger partial charge on any atom is -0.486 e. The number of fused-ring (bicyclic) bond motifs is 1. The molecule has 82 valence electrons. The normalized spacial score (nSPS) is 16.2. The number of nitrogens with two attached hydrogens (primary N) is 1. The van der Waals surface area contributed by atoms with Crippen molar-refractivity contribution in [3.63, 3.8) is 0 Å². The molecule has 0 bridgehead atoms. The number of benzene rings is 1. The van der Waals surface area contributed by atoms with Gasteiger partial charge in [0.1, 0.15) is 13.2 Å². The van der Waals surface area contributed by atoms with Gasteiger partial charge in [0.15, 0.2) is 11.5 Å². The van der Waals surface area contributed by atoms with Crippen LogP contribution in [0.2, 0.25) is 0 Å². The van der Waals surface area contributed by atoms with E-state index in [1.165, 1.54) is 0 Å². The van der Waals surface area contributed by atoms with Crippen molar-refractivity contribution in [3.05, 3.63) is 23.3 Å². The van der Waals surface area contributed by atoms with E-state index in [0.717, 1.165) is 22.6 Å². The molecule has 1 aliphatic heterocycles. The summed E-state index contributed by atoms with van der Waals surface area (Å²) in [7, 11) is 0. The first kappa shape index (κ1) is 10.3. The molecule has 1 aliphatic rings. The van der Waals surface area contributed by atoms with E-state index in [0.29, 0.717) is 25.7 Å². The third kappa shape index (κ3) is 1.79. The summed E-state index contributed by atoms with van der Waals surface area (Å²) >= 11 is 0. The van der Waals surface area contributed by atoms with E-state index in [4.69, 9.17) is 15.2 Å². The first-order valence-corrected chi connectivity index (χ1v) is 5.33. The Labute approximate surface area is 90.2 Å². The minimum atomic E-state index is 0.307. The summed E-state index contributed by atoms with van der Waals surface area (Å²) < 4.78 is 11.3. The standard InChI is InChI=1S/C12H17NO2/c1-8-3-4-10(9(2)7-13)12-11(8)14-5-6-15-12/h3-4,9H,5-7,13H2,1-2H3. The highest BCUT2D eigenvalue weighted by molar-refractivity contribution is 5.53. The largest absolute Gasteiger partial charge is 0.486 e. The number of hydrogen-bond donors (Lipinski definition) is 1. The van der Waals surface area contributed by atoms with Crippen LogP contribution < -0.4 is 15.2 Å². The van der Waals surface area contributed by atoms with Crippen LogP contribution in [0.3, 0.4) is 0 Å². The highest BCUT2D eigenvalue weighted by atomic mass is 16.6. The molecule has 1 atom stereocenters. The number of aryl methyl sites for hydroxylation is 1. The molecule has 1 aromatic rings. The van der Waals surface area contributed by atoms with Gasteiger partial charge in [0.05, 0.1) is 0 Å². The third-order valence-corrected chi connectivity index (χ3v) is 2.80. The molecule has 15 heavy (non-hydrogen) atoms. The first-order chi connectivity index (χ1) is 7.24. The molecule has 0 fully saturated rings. The van der Waals surface area contributed by atoms with Crippen molar-refractivity contribution in [2.75, 3.05) is 19.8 Å². The lowest BCUT2D eigenvalue weighted by atomic mass is 9.98. The molecule has 0 radical (unpaired) electrons. The summed E-state index contributed by atoms with van der Waals surface area (Å²) in [5.74, 6) is 2.08. The number of ether oxygens (including phenoxy) is 2. The smallest absolute Gasteiger partial charge is 0.165 e. The van der Waals surface area contributed by atoms with Crippen LogP contribution in [0, 0.1) is 6.92 Å². The molecule has 0 saturated carbocycles. The van der Waals surface area contributed by atoms with Crippen LogP contribution in [-0.2, 0) is 0 Å². The maximum atomic E-state index is 5.68. The zero-order valence-corrected chi connectivity index (χ0v) is 9.25. The fraction of sp³-hybridized carbons (Fsp3) is 0.500. The Bertz CT molecular complexity index is 363. The Morgan fingerprint density at radius 2 is 1.93 bits per heavy atom. The van der Waals surface area contributed by atoms with E-state index in [1.807, 2.05) is 6.92 Å². The lowest BCUT2D eigenvalue weighted by molar-refractivity contribution is 0.168. The van der Waals surface area contributed by atoms with E-state index in [9.17, 15) is 0 Å². The van der Waals surface area contributed by atoms with E-state index in [1.54, 1.807) is 0 Å². The van der Waals surface area contributed by atoms with Crippen LogP contribution in [0.25, 0.3) is 0 Å². The molecule has 0 amide bonds. The van der Waals surface area contributed by atoms with Crippen molar-refractivity contribution < 1.29 is 9.47 Å². The Morgan fingerprint density at radius 3 is 2.60 bits per heavy atom. The summed E-state index contributed by atoms with van der Waals surface area (Å²) in [4.78, 5) is 0. The van der Waals surface area contributed by atoms with Crippen LogP contribution in [0.15, 0.2) is 12.1 Å². The molecule has 1 aromatic carbocycles. The molecule has 3 heteroatoms. The van der Waals surface area contributed by atoms with Crippen molar-refractivity contribution in [2.24, 2.45) is 5.73 Å². The minimum absolute atomic E-state index is 0.307. The maximum Gasteiger partial charge on any atom is 0.165 e. The van der Waals surface area contributed by atoms with E-state index in [-0.39, 0.29) is 0 Å². The van der Waals surface area contributed by atoms with Crippen LogP contribution in [0.5, 0.6) is 11.5 Å². The number of hydrogen-bond acceptors (Lipinski definition) is 3. The van der Waals surface area contributed by atoms with Crippen molar-refractivity contribution in [1.82, 2.24) is 0 Å². The highest BCUT2D eigenvalue weighted by Gasteiger charge is 2.20. The first-order valence-electron chi connectivity index (χ1n) is 5.33. The van der Waals surface area contributed by atoms with Gasteiger partial charge in [0.2, 0.25) is 0 Å². The predicted octanol–water partition coefficient (Wildman–Crippen LogP) is 1.83. The second kappa shape index (κ2) is 4.11. The summed E-state index contributed by atoms with van der Waals surface area (Å²) in [6.07, 6.45) is 0. The second-order valence-corrected chi connectivity index (χ2v) is 3.96. The molecular weight excluding hydrogens is 190 g/mol. The highest BCUT2D eigenvalue weighted by Crippen LogP contribution is 2.39. The van der Waals surface area contributed by atoms with Gasteiger partial charge < -0.3 is 15.2 Å². The van der Waals surface area contributed by atoms with Gasteiger partial charge >= 0.3 is 0 Å². The Morgan fingerprint density at radius 1 is 1.27 bits per heavy atom. The molecule has 3 nitrogen and oxygen atoms in total. The molecule has 0 spiro atoms. The third-order valence-electron chi connectivity index (χ3n) is 2.80. The molecule has 0 saturated heterocycles. The van der Waals surface area contributed by atoms with Crippen LogP contribution in [-0.4, -0.2) is 19.8 Å². The molecule has 0 aromatic heterocycles. The maximum absolute atomic E-state index is 5.68. The van der Waals surface area contributed by atoms with Gasteiger partial charge in [-0.3, -0.25) is 0 Å². The van der Waals surface area contributed by atoms with Crippen LogP contribution in [0.4, 0.5) is 0 Å². The van der Waals surface area contributed by atoms with Gasteiger partial charge in [0, 0.05) is 5.56 Å². The summed E-state index contributed by atoms with van der Waals surface area (Å²) in [5, 5.41) is 0. The fourth-order valence-electron chi connectivity index (χ4n) is 1.81. The van der Waals surface area contributed by atoms with Crippen molar-refractivity contribution in [2.45, 2.75) is 19.8 Å². The van der Waals surface area contributed by atoms with E-state index in [2.05, 4.69) is 19.1 Å². The van der Waals surface area contributed by atoms with Gasteiger partial charge in [-0.25, -0.2) is 0 Å². The molecule has 2 rings (SSSR count). The summed E-state index contributed by atoms with van der Waals surface area (Å²) in [6, 6.07) is 4.15. The van der Waals surface area contributed by atoms with E-state index < -0.39 is 0 Å². The quantitative estimate of drug-likeness (QED) is 0.804. The van der Waals surface area contributed by atoms with Crippen molar-refractivity contribution in [3.8, 4) is 11.5 Å². The lowest BCUT2D eigenvalue weighted by Crippen LogP contribution is -2.19. The van der Waals surface area contributed by atoms with Crippen molar-refractivity contribution in [1.29, 1.82) is 0 Å². The predicted molar refractivity (Wildman–Crippen MR) is 59.6 cm³/mol. The molecule has 2 N–H and O–H groups in total. The summed E-state index contributed by atoms with van der Waals surface area (Å²) in [5.41, 5.74) is 7.95. The Kier molecular flexibility index (Phi) is 2.82. The average molecular weight is 207 g/mol. The zero-order valence-electron chi connectivity index (χ0n) is 9.25. The Hall–Kier alpha value is -1.22. The Balaban J connectivity index is 2.48. The topological polar surface area (TPSA) is 44.5 Å². The van der Waals surface area contributed by atoms with Gasteiger partial charge in [-0.15, -0.1) is 0 Å². The average Bonchev–Trinajstić information content (AvgIpc) is 2.29. The molecule has 0 aliphatic carbocycles. The van der Waals surface area contributed by atoms with Gasteiger partial charge in [-0.05, 0) is 24.9 Å². The SMILES string of the molecule is Cc1ccc(C(C)CN)c2c1OCCO2. The molecular formula is C12H17NO2. The second-order valence-electron chi connectivity index (χ2n) is 3.96. The van der Waals surface area contributed by atoms with E-state index >= 15 is 0 Å². The van der Waals surface area contributed by atoms with Crippen LogP contribution in [0.1, 0.15) is 24.0 Å². The van der Waals surface area contributed by atoms with Gasteiger partial charge in [-0.1, -0.05) is 19.1 Å². The summed E-state index contributed by atoms with van der Waals surface area (Å²) in [6.45, 7) is 6.02. The van der Waals surface area contributed by atoms with Gasteiger partial charge in [0.25, 0.3) is 0 Å². The fourth-order valence-corrected chi connectivity index (χ4v) is 1.81. The zero-order chi connectivity index (χ0) is 10.8. The lowest BCUT2D eigenvalue weighted by Gasteiger charge is -2.24.